The lowest BCUT2D eigenvalue weighted by Crippen LogP contribution is -2.33. The van der Waals surface area contributed by atoms with Crippen LogP contribution in [0.25, 0.3) is 5.57 Å². The zero-order valence-corrected chi connectivity index (χ0v) is 12.5. The second kappa shape index (κ2) is 5.51. The van der Waals surface area contributed by atoms with Crippen LogP contribution in [0.1, 0.15) is 36.0 Å². The van der Waals surface area contributed by atoms with Crippen LogP contribution in [0.2, 0.25) is 0 Å². The van der Waals surface area contributed by atoms with E-state index in [-0.39, 0.29) is 5.92 Å². The number of fused-ring (bicyclic) bond motifs is 1. The van der Waals surface area contributed by atoms with Crippen LogP contribution in [0, 0.1) is 22.7 Å². The molecule has 2 nitrogen and oxygen atoms in total. The highest BCUT2D eigenvalue weighted by Gasteiger charge is 2.42. The van der Waals surface area contributed by atoms with E-state index < -0.39 is 5.41 Å². The van der Waals surface area contributed by atoms with Gasteiger partial charge in [-0.3, -0.25) is 0 Å². The van der Waals surface area contributed by atoms with E-state index in [1.54, 1.807) is 0 Å². The molecule has 0 aromatic heterocycles. The average molecular weight is 284 g/mol. The summed E-state index contributed by atoms with van der Waals surface area (Å²) in [5, 5.41) is 19.4. The maximum absolute atomic E-state index is 10.0. The number of nitrogens with zero attached hydrogens (tertiary/aromatic N) is 2. The molecular formula is C20H16N2. The summed E-state index contributed by atoms with van der Waals surface area (Å²) in [7, 11) is 0. The van der Waals surface area contributed by atoms with Crippen molar-refractivity contribution in [3.63, 3.8) is 0 Å². The molecule has 0 fully saturated rings. The fourth-order valence-electron chi connectivity index (χ4n) is 3.33. The molecule has 106 valence electrons. The van der Waals surface area contributed by atoms with Crippen LogP contribution in [0.15, 0.2) is 60.7 Å². The molecular weight excluding hydrogens is 268 g/mol. The van der Waals surface area contributed by atoms with Crippen molar-refractivity contribution >= 4 is 5.57 Å². The predicted molar refractivity (Wildman–Crippen MR) is 86.8 cm³/mol. The molecule has 2 atom stereocenters. The Hall–Kier alpha value is -2.84. The maximum Gasteiger partial charge on any atom is 0.0994 e. The van der Waals surface area contributed by atoms with Gasteiger partial charge in [-0.15, -0.1) is 0 Å². The molecule has 0 heterocycles. The first-order chi connectivity index (χ1) is 10.7. The van der Waals surface area contributed by atoms with Crippen LogP contribution in [0.5, 0.6) is 0 Å². The molecule has 0 unspecified atom stereocenters. The van der Waals surface area contributed by atoms with E-state index in [0.717, 1.165) is 16.7 Å². The predicted octanol–water partition coefficient (Wildman–Crippen LogP) is 4.56. The minimum absolute atomic E-state index is 0.0522. The highest BCUT2D eigenvalue weighted by atomic mass is 14.5. The van der Waals surface area contributed by atoms with E-state index in [0.29, 0.717) is 12.0 Å². The van der Waals surface area contributed by atoms with Gasteiger partial charge in [0, 0.05) is 5.92 Å². The van der Waals surface area contributed by atoms with Gasteiger partial charge >= 0.3 is 0 Å². The Kier molecular flexibility index (Phi) is 3.53. The van der Waals surface area contributed by atoms with Gasteiger partial charge in [-0.25, -0.2) is 0 Å². The second-order valence-electron chi connectivity index (χ2n) is 5.69. The van der Waals surface area contributed by atoms with Gasteiger partial charge in [-0.05, 0) is 23.1 Å². The van der Waals surface area contributed by atoms with E-state index in [4.69, 9.17) is 0 Å². The van der Waals surface area contributed by atoms with E-state index >= 15 is 0 Å². The smallest absolute Gasteiger partial charge is 0.0994 e. The van der Waals surface area contributed by atoms with Crippen molar-refractivity contribution < 1.29 is 0 Å². The Bertz CT molecular complexity index is 806. The van der Waals surface area contributed by atoms with Crippen molar-refractivity contribution in [3.05, 3.63) is 77.4 Å². The van der Waals surface area contributed by atoms with Crippen molar-refractivity contribution in [2.24, 2.45) is 0 Å². The molecule has 0 bridgehead atoms. The first-order valence-corrected chi connectivity index (χ1v) is 7.39. The third-order valence-electron chi connectivity index (χ3n) is 4.68. The van der Waals surface area contributed by atoms with Crippen LogP contribution >= 0.6 is 0 Å². The zero-order chi connectivity index (χ0) is 15.6. The molecule has 0 saturated heterocycles. The lowest BCUT2D eigenvalue weighted by molar-refractivity contribution is 0.460. The molecule has 3 rings (SSSR count). The zero-order valence-electron chi connectivity index (χ0n) is 12.5. The van der Waals surface area contributed by atoms with Gasteiger partial charge < -0.3 is 0 Å². The first kappa shape index (κ1) is 14.1. The van der Waals surface area contributed by atoms with Gasteiger partial charge in [0.1, 0.15) is 0 Å². The topological polar surface area (TPSA) is 47.6 Å². The minimum atomic E-state index is -0.627. The summed E-state index contributed by atoms with van der Waals surface area (Å²) in [5.41, 5.74) is 3.04. The molecule has 1 aliphatic rings. The standard InChI is InChI=1S/C20H16N2/c1-15(16-7-3-2-4-8-16)20(14-22)12-11-17(13-21)18-9-5-6-10-19(18)20/h2-11,15H,12H2,1H3/t15-,20+/m0/s1. The highest BCUT2D eigenvalue weighted by Crippen LogP contribution is 2.47. The van der Waals surface area contributed by atoms with Crippen LogP contribution in [-0.2, 0) is 5.41 Å². The SMILES string of the molecule is C[C@@H](c1ccccc1)[C@]1(C#N)CC=C(C#N)c2ccccc21. The van der Waals surface area contributed by atoms with Crippen molar-refractivity contribution in [2.75, 3.05) is 0 Å². The van der Waals surface area contributed by atoms with Gasteiger partial charge in [0.05, 0.1) is 23.1 Å². The summed E-state index contributed by atoms with van der Waals surface area (Å²) >= 11 is 0. The summed E-state index contributed by atoms with van der Waals surface area (Å²) in [6.07, 6.45) is 2.48. The quantitative estimate of drug-likeness (QED) is 0.811. The van der Waals surface area contributed by atoms with E-state index in [2.05, 4.69) is 31.2 Å². The van der Waals surface area contributed by atoms with E-state index in [9.17, 15) is 10.5 Å². The average Bonchev–Trinajstić information content (AvgIpc) is 2.61. The van der Waals surface area contributed by atoms with Gasteiger partial charge in [0.2, 0.25) is 0 Å². The largest absolute Gasteiger partial charge is 0.197 e. The van der Waals surface area contributed by atoms with Crippen LogP contribution in [0.4, 0.5) is 0 Å². The Morgan fingerprint density at radius 1 is 1.00 bits per heavy atom. The third kappa shape index (κ3) is 2.01. The van der Waals surface area contributed by atoms with Crippen molar-refractivity contribution in [1.82, 2.24) is 0 Å². The second-order valence-corrected chi connectivity index (χ2v) is 5.69. The summed E-state index contributed by atoms with van der Waals surface area (Å²) < 4.78 is 0. The van der Waals surface area contributed by atoms with Crippen LogP contribution < -0.4 is 0 Å². The lowest BCUT2D eigenvalue weighted by atomic mass is 9.63. The fraction of sp³-hybridized carbons (Fsp3) is 0.200. The van der Waals surface area contributed by atoms with Crippen molar-refractivity contribution in [3.8, 4) is 12.1 Å². The molecule has 0 radical (unpaired) electrons. The summed E-state index contributed by atoms with van der Waals surface area (Å²) in [5.74, 6) is 0.0522. The normalized spacial score (nSPS) is 21.0. The number of benzene rings is 2. The summed E-state index contributed by atoms with van der Waals surface area (Å²) in [6, 6.07) is 22.7. The van der Waals surface area contributed by atoms with Gasteiger partial charge in [0.25, 0.3) is 0 Å². The molecule has 0 spiro atoms. The number of rotatable bonds is 2. The van der Waals surface area contributed by atoms with Gasteiger partial charge in [-0.2, -0.15) is 10.5 Å². The maximum atomic E-state index is 10.0. The van der Waals surface area contributed by atoms with Crippen molar-refractivity contribution in [1.29, 1.82) is 10.5 Å². The third-order valence-corrected chi connectivity index (χ3v) is 4.68. The van der Waals surface area contributed by atoms with Gasteiger partial charge in [0.15, 0.2) is 0 Å². The molecule has 1 aliphatic carbocycles. The molecule has 2 aromatic rings. The summed E-state index contributed by atoms with van der Waals surface area (Å²) in [4.78, 5) is 0. The van der Waals surface area contributed by atoms with Crippen molar-refractivity contribution in [2.45, 2.75) is 24.7 Å². The highest BCUT2D eigenvalue weighted by molar-refractivity contribution is 5.82. The number of hydrogen-bond donors (Lipinski definition) is 0. The Morgan fingerprint density at radius 2 is 1.68 bits per heavy atom. The lowest BCUT2D eigenvalue weighted by Gasteiger charge is -2.37. The van der Waals surface area contributed by atoms with Gasteiger partial charge in [-0.1, -0.05) is 67.6 Å². The Labute approximate surface area is 130 Å². The molecule has 0 saturated carbocycles. The summed E-state index contributed by atoms with van der Waals surface area (Å²) in [6.45, 7) is 2.10. The Balaban J connectivity index is 2.19. The molecule has 0 aliphatic heterocycles. The van der Waals surface area contributed by atoms with E-state index in [1.807, 2.05) is 48.5 Å². The monoisotopic (exact) mass is 284 g/mol. The number of hydrogen-bond acceptors (Lipinski definition) is 2. The molecule has 0 N–H and O–H groups in total. The van der Waals surface area contributed by atoms with Crippen LogP contribution in [-0.4, -0.2) is 0 Å². The van der Waals surface area contributed by atoms with E-state index in [1.165, 1.54) is 0 Å². The minimum Gasteiger partial charge on any atom is -0.197 e. The number of nitriles is 2. The Morgan fingerprint density at radius 3 is 2.36 bits per heavy atom. The molecule has 2 heteroatoms. The number of allylic oxidation sites excluding steroid dienone is 2. The molecule has 2 aromatic carbocycles. The first-order valence-electron chi connectivity index (χ1n) is 7.39. The van der Waals surface area contributed by atoms with Crippen LogP contribution in [0.3, 0.4) is 0 Å². The molecule has 0 amide bonds. The fourth-order valence-corrected chi connectivity index (χ4v) is 3.33. The molecule has 22 heavy (non-hydrogen) atoms.